The van der Waals surface area contributed by atoms with Gasteiger partial charge in [0.25, 0.3) is 0 Å². The molecule has 7 heteroatoms. The van der Waals surface area contributed by atoms with Gasteiger partial charge in [-0.1, -0.05) is 0 Å². The van der Waals surface area contributed by atoms with Crippen molar-refractivity contribution in [1.82, 2.24) is 29.8 Å². The third-order valence-corrected chi connectivity index (χ3v) is 5.47. The zero-order valence-corrected chi connectivity index (χ0v) is 14.5. The standard InChI is InChI=1S/C17H20N6S/c1-12-14(24-11-22-12)10-23-8-2-3-13(9-23)15-16(19-5-4-18-15)17-20-6-7-21-17/h4-7,11,13H,2-3,8-10H2,1H3,(H,20,21)/t13-/m1/s1. The van der Waals surface area contributed by atoms with Crippen LogP contribution in [0.2, 0.25) is 0 Å². The molecule has 0 saturated carbocycles. The maximum Gasteiger partial charge on any atom is 0.157 e. The molecule has 1 aliphatic rings. The van der Waals surface area contributed by atoms with Crippen molar-refractivity contribution in [3.63, 3.8) is 0 Å². The lowest BCUT2D eigenvalue weighted by molar-refractivity contribution is 0.199. The highest BCUT2D eigenvalue weighted by Gasteiger charge is 2.26. The fourth-order valence-corrected chi connectivity index (χ4v) is 4.15. The largest absolute Gasteiger partial charge is 0.343 e. The van der Waals surface area contributed by atoms with Crippen molar-refractivity contribution >= 4 is 11.3 Å². The van der Waals surface area contributed by atoms with Gasteiger partial charge < -0.3 is 4.98 Å². The number of hydrogen-bond acceptors (Lipinski definition) is 6. The Kier molecular flexibility index (Phi) is 4.36. The number of thiazole rings is 1. The number of nitrogens with one attached hydrogen (secondary N) is 1. The minimum atomic E-state index is 0.390. The molecule has 0 aromatic carbocycles. The van der Waals surface area contributed by atoms with Crippen LogP contribution in [0.25, 0.3) is 11.5 Å². The Bertz CT molecular complexity index is 797. The summed E-state index contributed by atoms with van der Waals surface area (Å²) in [4.78, 5) is 24.9. The Labute approximate surface area is 145 Å². The maximum atomic E-state index is 4.65. The Morgan fingerprint density at radius 1 is 1.21 bits per heavy atom. The molecule has 0 unspecified atom stereocenters. The molecule has 6 nitrogen and oxygen atoms in total. The number of aromatic nitrogens is 5. The van der Waals surface area contributed by atoms with Crippen molar-refractivity contribution in [3.05, 3.63) is 46.6 Å². The lowest BCUT2D eigenvalue weighted by atomic mass is 9.93. The topological polar surface area (TPSA) is 70.6 Å². The van der Waals surface area contributed by atoms with Crippen LogP contribution in [0.15, 0.2) is 30.3 Å². The number of hydrogen-bond donors (Lipinski definition) is 1. The molecule has 0 amide bonds. The predicted octanol–water partition coefficient (Wildman–Crippen LogP) is 3.01. The van der Waals surface area contributed by atoms with E-state index in [4.69, 9.17) is 0 Å². The van der Waals surface area contributed by atoms with Gasteiger partial charge in [-0.15, -0.1) is 11.3 Å². The van der Waals surface area contributed by atoms with E-state index >= 15 is 0 Å². The van der Waals surface area contributed by atoms with Crippen molar-refractivity contribution in [2.24, 2.45) is 0 Å². The van der Waals surface area contributed by atoms with Gasteiger partial charge >= 0.3 is 0 Å². The van der Waals surface area contributed by atoms with Gasteiger partial charge in [0.05, 0.1) is 16.9 Å². The summed E-state index contributed by atoms with van der Waals surface area (Å²) >= 11 is 1.75. The molecule has 1 atom stereocenters. The molecule has 3 aromatic heterocycles. The first kappa shape index (κ1) is 15.4. The number of aromatic amines is 1. The first-order valence-corrected chi connectivity index (χ1v) is 9.11. The highest BCUT2D eigenvalue weighted by molar-refractivity contribution is 7.09. The van der Waals surface area contributed by atoms with E-state index in [1.165, 1.54) is 11.3 Å². The van der Waals surface area contributed by atoms with Crippen LogP contribution >= 0.6 is 11.3 Å². The second kappa shape index (κ2) is 6.78. The molecule has 0 bridgehead atoms. The molecule has 1 saturated heterocycles. The summed E-state index contributed by atoms with van der Waals surface area (Å²) in [5.41, 5.74) is 5.02. The van der Waals surface area contributed by atoms with E-state index in [-0.39, 0.29) is 0 Å². The molecule has 1 aliphatic heterocycles. The van der Waals surface area contributed by atoms with Gasteiger partial charge in [-0.3, -0.25) is 9.88 Å². The first-order chi connectivity index (χ1) is 11.8. The number of imidazole rings is 1. The monoisotopic (exact) mass is 340 g/mol. The maximum absolute atomic E-state index is 4.65. The smallest absolute Gasteiger partial charge is 0.157 e. The molecule has 0 spiro atoms. The quantitative estimate of drug-likeness (QED) is 0.790. The van der Waals surface area contributed by atoms with Crippen LogP contribution in [-0.4, -0.2) is 42.9 Å². The zero-order chi connectivity index (χ0) is 16.4. The summed E-state index contributed by atoms with van der Waals surface area (Å²) < 4.78 is 0. The van der Waals surface area contributed by atoms with Crippen LogP contribution in [-0.2, 0) is 6.54 Å². The molecule has 0 aliphatic carbocycles. The summed E-state index contributed by atoms with van der Waals surface area (Å²) in [5.74, 6) is 1.19. The number of nitrogens with zero attached hydrogens (tertiary/aromatic N) is 5. The summed E-state index contributed by atoms with van der Waals surface area (Å²) in [6.07, 6.45) is 9.43. The van der Waals surface area contributed by atoms with Crippen molar-refractivity contribution in [3.8, 4) is 11.5 Å². The van der Waals surface area contributed by atoms with Gasteiger partial charge in [0.2, 0.25) is 0 Å². The van der Waals surface area contributed by atoms with Gasteiger partial charge in [0, 0.05) is 48.7 Å². The van der Waals surface area contributed by atoms with Crippen molar-refractivity contribution in [2.45, 2.75) is 32.2 Å². The van der Waals surface area contributed by atoms with Crippen molar-refractivity contribution in [2.75, 3.05) is 13.1 Å². The van der Waals surface area contributed by atoms with E-state index in [1.807, 2.05) is 11.7 Å². The van der Waals surface area contributed by atoms with Gasteiger partial charge in [-0.2, -0.15) is 0 Å². The van der Waals surface area contributed by atoms with Crippen LogP contribution in [0.4, 0.5) is 0 Å². The van der Waals surface area contributed by atoms with Crippen LogP contribution in [0, 0.1) is 6.92 Å². The summed E-state index contributed by atoms with van der Waals surface area (Å²) in [7, 11) is 0. The summed E-state index contributed by atoms with van der Waals surface area (Å²) in [6, 6.07) is 0. The minimum absolute atomic E-state index is 0.390. The average Bonchev–Trinajstić information content (AvgIpc) is 3.28. The van der Waals surface area contributed by atoms with Crippen LogP contribution in [0.5, 0.6) is 0 Å². The Hall–Kier alpha value is -2.12. The molecule has 0 radical (unpaired) electrons. The molecular weight excluding hydrogens is 320 g/mol. The second-order valence-corrected chi connectivity index (χ2v) is 7.10. The Morgan fingerprint density at radius 2 is 2.12 bits per heavy atom. The van der Waals surface area contributed by atoms with Gasteiger partial charge in [0.1, 0.15) is 5.69 Å². The average molecular weight is 340 g/mol. The molecule has 124 valence electrons. The fraction of sp³-hybridized carbons (Fsp3) is 0.412. The molecule has 4 rings (SSSR count). The minimum Gasteiger partial charge on any atom is -0.343 e. The fourth-order valence-electron chi connectivity index (χ4n) is 3.33. The third kappa shape index (κ3) is 3.09. The van der Waals surface area contributed by atoms with Crippen LogP contribution < -0.4 is 0 Å². The Balaban J connectivity index is 1.56. The SMILES string of the molecule is Cc1ncsc1CN1CCC[C@@H](c2nccnc2-c2ncc[nH]2)C1. The van der Waals surface area contributed by atoms with E-state index in [9.17, 15) is 0 Å². The molecule has 1 N–H and O–H groups in total. The number of H-pyrrole nitrogens is 1. The second-order valence-electron chi connectivity index (χ2n) is 6.16. The van der Waals surface area contributed by atoms with Crippen LogP contribution in [0.3, 0.4) is 0 Å². The molecule has 4 heterocycles. The van der Waals surface area contributed by atoms with Gasteiger partial charge in [-0.05, 0) is 26.3 Å². The molecular formula is C17H20N6S. The van der Waals surface area contributed by atoms with E-state index in [0.29, 0.717) is 5.92 Å². The van der Waals surface area contributed by atoms with Gasteiger partial charge in [-0.25, -0.2) is 15.0 Å². The van der Waals surface area contributed by atoms with E-state index in [0.717, 1.165) is 49.0 Å². The molecule has 1 fully saturated rings. The third-order valence-electron chi connectivity index (χ3n) is 4.55. The van der Waals surface area contributed by atoms with E-state index < -0.39 is 0 Å². The van der Waals surface area contributed by atoms with Crippen molar-refractivity contribution < 1.29 is 0 Å². The highest BCUT2D eigenvalue weighted by Crippen LogP contribution is 2.31. The van der Waals surface area contributed by atoms with E-state index in [2.05, 4.69) is 36.7 Å². The molecule has 24 heavy (non-hydrogen) atoms. The number of rotatable bonds is 4. The summed E-state index contributed by atoms with van der Waals surface area (Å²) in [5, 5.41) is 0. The lowest BCUT2D eigenvalue weighted by Crippen LogP contribution is -2.34. The Morgan fingerprint density at radius 3 is 2.92 bits per heavy atom. The van der Waals surface area contributed by atoms with E-state index in [1.54, 1.807) is 29.9 Å². The zero-order valence-electron chi connectivity index (χ0n) is 13.6. The van der Waals surface area contributed by atoms with Crippen LogP contribution in [0.1, 0.15) is 35.0 Å². The molecule has 3 aromatic rings. The van der Waals surface area contributed by atoms with Gasteiger partial charge in [0.15, 0.2) is 5.82 Å². The number of piperidine rings is 1. The predicted molar refractivity (Wildman–Crippen MR) is 93.7 cm³/mol. The highest BCUT2D eigenvalue weighted by atomic mass is 32.1. The summed E-state index contributed by atoms with van der Waals surface area (Å²) in [6.45, 7) is 5.20. The lowest BCUT2D eigenvalue weighted by Gasteiger charge is -2.32. The normalized spacial score (nSPS) is 18.8. The van der Waals surface area contributed by atoms with Crippen molar-refractivity contribution in [1.29, 1.82) is 0 Å². The number of aryl methyl sites for hydroxylation is 1. The number of likely N-dealkylation sites (tertiary alicyclic amines) is 1. The first-order valence-electron chi connectivity index (χ1n) is 8.23.